The molecular weight excluding hydrogens is 1670 g/mol. The summed E-state index contributed by atoms with van der Waals surface area (Å²) in [5, 5.41) is 0. The molecule has 0 radical (unpaired) electrons. The SMILES string of the molecule is CC(C)(C)C1(C)CC1.CC(C)(C)C12CCN(CC1)CC2.CC(C)(C)C1CC2(CCC2)C1.CC(C)(C)C1CCC1.CC(C)(C)C1CCC1.CC(C)(C)C1CCCC1.CC(C)(C)C1CCCC1.CC(C)(C)C1CCCCC1.CC(C)(C)C1CCCCC1.CC(C)(C)C1CCCCCC1.CC(C)(C)C1CCCOC1.CC(C)C1C2CCCC21.CC(C)C1CC2CCCC2C1.CCN1C2CCC1C(C(C)C)C2. The molecule has 0 aromatic rings. The largest absolute Gasteiger partial charge is 0.381 e. The van der Waals surface area contributed by atoms with Crippen molar-refractivity contribution in [2.75, 3.05) is 39.4 Å². The highest BCUT2D eigenvalue weighted by molar-refractivity contribution is 5.05. The molecule has 818 valence electrons. The van der Waals surface area contributed by atoms with Crippen LogP contribution in [0.4, 0.5) is 0 Å². The Morgan fingerprint density at radius 2 is 0.587 bits per heavy atom. The zero-order valence-corrected chi connectivity index (χ0v) is 103. The molecule has 3 heteroatoms. The van der Waals surface area contributed by atoms with E-state index in [0.29, 0.717) is 70.4 Å². The maximum absolute atomic E-state index is 5.41. The number of nitrogens with zero attached hydrogens (tertiary/aromatic N) is 2. The monoisotopic (exact) mass is 1930 g/mol. The van der Waals surface area contributed by atoms with Gasteiger partial charge in [0.2, 0.25) is 0 Å². The van der Waals surface area contributed by atoms with Gasteiger partial charge in [-0.05, 0) is 420 Å². The molecule has 4 bridgehead atoms. The number of hydrogen-bond acceptors (Lipinski definition) is 3. The molecule has 8 atom stereocenters. The van der Waals surface area contributed by atoms with E-state index in [-0.39, 0.29) is 0 Å². The van der Waals surface area contributed by atoms with Gasteiger partial charge in [-0.2, -0.15) is 0 Å². The lowest BCUT2D eigenvalue weighted by Gasteiger charge is -2.58. The molecule has 14 saturated carbocycles. The van der Waals surface area contributed by atoms with E-state index in [1.165, 1.54) is 327 Å². The van der Waals surface area contributed by atoms with Crippen LogP contribution >= 0.6 is 0 Å². The highest BCUT2D eigenvalue weighted by Gasteiger charge is 2.55. The third-order valence-electron chi connectivity index (χ3n) is 43.2. The Kier molecular flexibility index (Phi) is 51.1. The topological polar surface area (TPSA) is 15.7 Å². The van der Waals surface area contributed by atoms with Gasteiger partial charge >= 0.3 is 0 Å². The van der Waals surface area contributed by atoms with E-state index < -0.39 is 0 Å². The van der Waals surface area contributed by atoms with E-state index in [1.54, 1.807) is 51.4 Å². The Hall–Kier alpha value is -0.120. The normalized spacial score (nSPS) is 30.6. The first-order valence-corrected chi connectivity index (χ1v) is 62.7. The van der Waals surface area contributed by atoms with Crippen LogP contribution in [0.2, 0.25) is 0 Å². The Morgan fingerprint density at radius 3 is 0.790 bits per heavy atom. The predicted molar refractivity (Wildman–Crippen MR) is 619 cm³/mol. The minimum Gasteiger partial charge on any atom is -0.381 e. The van der Waals surface area contributed by atoms with Crippen molar-refractivity contribution in [2.24, 2.45) is 188 Å². The van der Waals surface area contributed by atoms with Gasteiger partial charge in [0.15, 0.2) is 0 Å². The quantitative estimate of drug-likeness (QED) is 0.261. The molecule has 1 spiro atoms. The lowest BCUT2D eigenvalue weighted by Crippen LogP contribution is -2.53. The van der Waals surface area contributed by atoms with Crippen LogP contribution in [0.5, 0.6) is 0 Å². The van der Waals surface area contributed by atoms with Gasteiger partial charge in [0.25, 0.3) is 0 Å². The van der Waals surface area contributed by atoms with Crippen molar-refractivity contribution < 1.29 is 4.74 Å². The molecule has 14 aliphatic carbocycles. The summed E-state index contributed by atoms with van der Waals surface area (Å²) in [7, 11) is 0. The zero-order valence-electron chi connectivity index (χ0n) is 103. The van der Waals surface area contributed by atoms with Crippen LogP contribution in [0.1, 0.15) is 624 Å². The first-order chi connectivity index (χ1) is 63.7. The Morgan fingerprint density at radius 1 is 0.283 bits per heavy atom. The summed E-state index contributed by atoms with van der Waals surface area (Å²) in [6, 6.07) is 1.90. The summed E-state index contributed by atoms with van der Waals surface area (Å²) in [5.74, 6) is 19.5. The van der Waals surface area contributed by atoms with Gasteiger partial charge in [0.05, 0.1) is 0 Å². The predicted octanol–water partition coefficient (Wildman–Crippen LogP) is 43.4. The van der Waals surface area contributed by atoms with E-state index in [1.807, 2.05) is 0 Å². The average Bonchev–Trinajstić information content (AvgIpc) is 1.39. The van der Waals surface area contributed by atoms with Gasteiger partial charge in [0, 0.05) is 25.3 Å². The minimum absolute atomic E-state index is 0.445. The summed E-state index contributed by atoms with van der Waals surface area (Å²) >= 11 is 0. The van der Waals surface area contributed by atoms with E-state index in [4.69, 9.17) is 4.74 Å². The second-order valence-corrected chi connectivity index (χ2v) is 65.0. The van der Waals surface area contributed by atoms with Gasteiger partial charge in [0.1, 0.15) is 0 Å². The van der Waals surface area contributed by atoms with Crippen molar-refractivity contribution in [3.63, 3.8) is 0 Å². The molecule has 0 aromatic carbocycles. The molecule has 20 aliphatic rings. The van der Waals surface area contributed by atoms with Crippen LogP contribution in [0, 0.1) is 188 Å². The van der Waals surface area contributed by atoms with Crippen molar-refractivity contribution in [2.45, 2.75) is 636 Å². The molecule has 6 aliphatic heterocycles. The maximum Gasteiger partial charge on any atom is 0.0499 e. The summed E-state index contributed by atoms with van der Waals surface area (Å²) < 4.78 is 5.41. The smallest absolute Gasteiger partial charge is 0.0499 e. The Bertz CT molecular complexity index is 2970. The molecule has 138 heavy (non-hydrogen) atoms. The van der Waals surface area contributed by atoms with E-state index in [9.17, 15) is 0 Å². The van der Waals surface area contributed by atoms with Gasteiger partial charge in [-0.15, -0.1) is 0 Å². The van der Waals surface area contributed by atoms with Crippen LogP contribution in [0.25, 0.3) is 0 Å². The number of fused-ring (bicyclic) bond motifs is 7. The zero-order chi connectivity index (χ0) is 104. The molecule has 0 N–H and O–H groups in total. The number of rotatable bonds is 4. The van der Waals surface area contributed by atoms with E-state index in [2.05, 4.69) is 294 Å². The van der Waals surface area contributed by atoms with Crippen LogP contribution in [-0.4, -0.2) is 61.3 Å². The molecule has 6 saturated heterocycles. The first kappa shape index (κ1) is 127. The fraction of sp³-hybridized carbons (Fsp3) is 1.00. The third-order valence-corrected chi connectivity index (χ3v) is 43.2. The second-order valence-electron chi connectivity index (χ2n) is 65.0. The molecule has 20 rings (SSSR count). The van der Waals surface area contributed by atoms with Crippen molar-refractivity contribution in [1.29, 1.82) is 0 Å². The third kappa shape index (κ3) is 42.6. The summed E-state index contributed by atoms with van der Waals surface area (Å²) in [6.07, 6.45) is 78.5. The minimum atomic E-state index is 0.445. The van der Waals surface area contributed by atoms with Gasteiger partial charge in [-0.3, -0.25) is 4.90 Å². The number of hydrogen-bond donors (Lipinski definition) is 0. The number of ether oxygens (including phenoxy) is 1. The van der Waals surface area contributed by atoms with E-state index in [0.717, 1.165) is 131 Å². The summed E-state index contributed by atoms with van der Waals surface area (Å²) in [4.78, 5) is 5.36. The molecule has 3 nitrogen and oxygen atoms in total. The fourth-order valence-corrected chi connectivity index (χ4v) is 29.6. The van der Waals surface area contributed by atoms with Crippen LogP contribution in [0.15, 0.2) is 0 Å². The molecule has 0 amide bonds. The van der Waals surface area contributed by atoms with Gasteiger partial charge in [-0.25, -0.2) is 0 Å². The van der Waals surface area contributed by atoms with Gasteiger partial charge < -0.3 is 9.64 Å². The van der Waals surface area contributed by atoms with Crippen molar-refractivity contribution in [3.05, 3.63) is 0 Å². The van der Waals surface area contributed by atoms with Crippen molar-refractivity contribution in [1.82, 2.24) is 9.80 Å². The van der Waals surface area contributed by atoms with Crippen LogP contribution in [0.3, 0.4) is 0 Å². The molecule has 6 heterocycles. The lowest BCUT2D eigenvalue weighted by atomic mass is 9.47. The summed E-state index contributed by atoms with van der Waals surface area (Å²) in [6.45, 7) is 104. The lowest BCUT2D eigenvalue weighted by molar-refractivity contribution is -0.0700. The number of piperidine rings is 3. The van der Waals surface area contributed by atoms with Crippen molar-refractivity contribution in [3.8, 4) is 0 Å². The molecule has 8 unspecified atom stereocenters. The van der Waals surface area contributed by atoms with Crippen LogP contribution < -0.4 is 0 Å². The maximum atomic E-state index is 5.41. The first-order valence-electron chi connectivity index (χ1n) is 62.7. The summed E-state index contributed by atoms with van der Waals surface area (Å²) in [5.41, 5.74) is 8.40. The fourth-order valence-electron chi connectivity index (χ4n) is 29.6. The highest BCUT2D eigenvalue weighted by Crippen LogP contribution is 2.64. The van der Waals surface area contributed by atoms with Crippen molar-refractivity contribution >= 4 is 0 Å². The van der Waals surface area contributed by atoms with Gasteiger partial charge in [-0.1, -0.05) is 419 Å². The molecule has 20 fully saturated rings. The standard InChI is InChI=1S/2C11H21N.2C11H20.C11H22.2C10H20.C9H18O.C9H16.2C9H18.3C8H16/c1-10(2,3)11-4-7-12(8-5-11)9-6-11;1-4-12-9-5-6-11(12)10(7-9)8(2)3;1-10(2,3)9-7-11(8-9)5-4-6-11;1-8(2)11-6-9-4-3-5-10(9)7-11;1-11(2,3)10-8-6-4-5-7-9-10;2*1-10(2,3)9-7-5-4-6-8-9;1-9(2,3)8-5-4-6-10-7-8;1-6(2)9-7-4-3-5-8(7)9;2*1-9(2,3)8-6-4-5-7-8;1-7(2,3)8(4)5-6-8;2*1-8(2,3)7-5-4-6-7/h4-9H2,1-3H3;8-11H,4-7H2,1-3H3;9H,4-8H2,1-3H3;8-11H,3-7H2,1-2H3;10H,4-9H2,1-3H3;2*9H,4-8H2,1-3H3;8H,4-7H2,1-3H3;6-9H,3-5H2,1-2H3;2*8H,4-7H2,1-3H3;5-6H2,1-4H3;2*7H,4-6H2,1-3H3. The van der Waals surface area contributed by atoms with Crippen LogP contribution in [-0.2, 0) is 4.74 Å². The Labute approximate surface area is 872 Å². The molecular formula is C135H262N2O. The molecule has 0 aromatic heterocycles. The highest BCUT2D eigenvalue weighted by atomic mass is 16.5. The second kappa shape index (κ2) is 55.8. The average molecular weight is 1930 g/mol. The van der Waals surface area contributed by atoms with E-state index >= 15 is 0 Å². The Balaban J connectivity index is 0.000000228.